The lowest BCUT2D eigenvalue weighted by Crippen LogP contribution is -2.45. The first kappa shape index (κ1) is 13.5. The molecule has 0 bridgehead atoms. The molecule has 0 saturated heterocycles. The fraction of sp³-hybridized carbons (Fsp3) is 0.692. The topological polar surface area (TPSA) is 68.0 Å². The highest BCUT2D eigenvalue weighted by Gasteiger charge is 2.40. The molecule has 1 unspecified atom stereocenters. The van der Waals surface area contributed by atoms with Crippen molar-refractivity contribution in [2.24, 2.45) is 11.1 Å². The van der Waals surface area contributed by atoms with Gasteiger partial charge in [0.15, 0.2) is 0 Å². The average Bonchev–Trinajstić information content (AvgIpc) is 3.06. The van der Waals surface area contributed by atoms with Crippen LogP contribution < -0.4 is 11.1 Å². The van der Waals surface area contributed by atoms with E-state index in [2.05, 4.69) is 17.2 Å². The van der Waals surface area contributed by atoms with E-state index in [9.17, 15) is 4.79 Å². The number of amides is 1. The SMILES string of the molecule is CCC(NC(=O)C1(CN)CCCC1)c1nccs1. The van der Waals surface area contributed by atoms with Crippen molar-refractivity contribution in [1.29, 1.82) is 0 Å². The second-order valence-corrected chi connectivity index (χ2v) is 5.92. The van der Waals surface area contributed by atoms with Crippen molar-refractivity contribution in [1.82, 2.24) is 10.3 Å². The molecule has 1 fully saturated rings. The summed E-state index contributed by atoms with van der Waals surface area (Å²) in [7, 11) is 0. The maximum atomic E-state index is 12.4. The molecule has 1 amide bonds. The van der Waals surface area contributed by atoms with Gasteiger partial charge in [-0.15, -0.1) is 11.3 Å². The number of nitrogens with one attached hydrogen (secondary N) is 1. The Labute approximate surface area is 112 Å². The van der Waals surface area contributed by atoms with E-state index < -0.39 is 0 Å². The largest absolute Gasteiger partial charge is 0.346 e. The highest BCUT2D eigenvalue weighted by atomic mass is 32.1. The number of hydrogen-bond donors (Lipinski definition) is 2. The summed E-state index contributed by atoms with van der Waals surface area (Å²) in [6.45, 7) is 2.52. The molecule has 0 spiro atoms. The van der Waals surface area contributed by atoms with Gasteiger partial charge in [-0.25, -0.2) is 4.98 Å². The molecule has 100 valence electrons. The first-order valence-electron chi connectivity index (χ1n) is 6.62. The smallest absolute Gasteiger partial charge is 0.228 e. The molecule has 1 saturated carbocycles. The normalized spacial score (nSPS) is 19.7. The molecular weight excluding hydrogens is 246 g/mol. The molecule has 0 radical (unpaired) electrons. The Balaban J connectivity index is 2.05. The van der Waals surface area contributed by atoms with E-state index in [1.54, 1.807) is 17.5 Å². The van der Waals surface area contributed by atoms with Gasteiger partial charge in [0.25, 0.3) is 0 Å². The Morgan fingerprint density at radius 1 is 1.61 bits per heavy atom. The summed E-state index contributed by atoms with van der Waals surface area (Å²) in [5.41, 5.74) is 5.50. The van der Waals surface area contributed by atoms with Crippen molar-refractivity contribution in [2.75, 3.05) is 6.54 Å². The first-order valence-corrected chi connectivity index (χ1v) is 7.50. The Bertz CT molecular complexity index is 385. The number of thiazole rings is 1. The fourth-order valence-electron chi connectivity index (χ4n) is 2.63. The Kier molecular flexibility index (Phi) is 4.35. The van der Waals surface area contributed by atoms with E-state index in [1.807, 2.05) is 5.38 Å². The molecule has 18 heavy (non-hydrogen) atoms. The molecular formula is C13H21N3OS. The number of nitrogens with zero attached hydrogens (tertiary/aromatic N) is 1. The number of hydrogen-bond acceptors (Lipinski definition) is 4. The predicted molar refractivity (Wildman–Crippen MR) is 73.2 cm³/mol. The van der Waals surface area contributed by atoms with Gasteiger partial charge in [0.05, 0.1) is 11.5 Å². The van der Waals surface area contributed by atoms with Gasteiger partial charge in [0.1, 0.15) is 5.01 Å². The zero-order chi connectivity index (χ0) is 13.0. The quantitative estimate of drug-likeness (QED) is 0.859. The summed E-state index contributed by atoms with van der Waals surface area (Å²) in [4.78, 5) is 16.7. The van der Waals surface area contributed by atoms with Gasteiger partial charge in [-0.1, -0.05) is 19.8 Å². The van der Waals surface area contributed by atoms with Crippen LogP contribution in [0.3, 0.4) is 0 Å². The molecule has 0 aromatic carbocycles. The van der Waals surface area contributed by atoms with Crippen molar-refractivity contribution >= 4 is 17.2 Å². The summed E-state index contributed by atoms with van der Waals surface area (Å²) < 4.78 is 0. The van der Waals surface area contributed by atoms with Crippen LogP contribution in [0.5, 0.6) is 0 Å². The van der Waals surface area contributed by atoms with Crippen LogP contribution in [-0.4, -0.2) is 17.4 Å². The summed E-state index contributed by atoms with van der Waals surface area (Å²) in [6.07, 6.45) is 6.70. The number of carbonyl (C=O) groups is 1. The van der Waals surface area contributed by atoms with Crippen LogP contribution in [-0.2, 0) is 4.79 Å². The number of aromatic nitrogens is 1. The predicted octanol–water partition coefficient (Wildman–Crippen LogP) is 2.23. The molecule has 3 N–H and O–H groups in total. The minimum absolute atomic E-state index is 0.0292. The standard InChI is InChI=1S/C13H21N3OS/c1-2-10(11-15-7-8-18-11)16-12(17)13(9-14)5-3-4-6-13/h7-8,10H,2-6,9,14H2,1H3,(H,16,17). The molecule has 1 aromatic rings. The molecule has 1 atom stereocenters. The highest BCUT2D eigenvalue weighted by molar-refractivity contribution is 7.09. The van der Waals surface area contributed by atoms with E-state index >= 15 is 0 Å². The Morgan fingerprint density at radius 2 is 2.33 bits per heavy atom. The van der Waals surface area contributed by atoms with Gasteiger partial charge in [0, 0.05) is 18.1 Å². The summed E-state index contributed by atoms with van der Waals surface area (Å²) in [6, 6.07) is 0.0292. The van der Waals surface area contributed by atoms with Gasteiger partial charge in [-0.3, -0.25) is 4.79 Å². The van der Waals surface area contributed by atoms with Crippen molar-refractivity contribution in [2.45, 2.75) is 45.1 Å². The van der Waals surface area contributed by atoms with E-state index in [-0.39, 0.29) is 17.4 Å². The van der Waals surface area contributed by atoms with Gasteiger partial charge < -0.3 is 11.1 Å². The van der Waals surface area contributed by atoms with Gasteiger partial charge >= 0.3 is 0 Å². The van der Waals surface area contributed by atoms with Crippen LogP contribution in [0, 0.1) is 5.41 Å². The minimum atomic E-state index is -0.329. The summed E-state index contributed by atoms with van der Waals surface area (Å²) >= 11 is 1.59. The lowest BCUT2D eigenvalue weighted by atomic mass is 9.85. The lowest BCUT2D eigenvalue weighted by molar-refractivity contribution is -0.131. The molecule has 1 aromatic heterocycles. The molecule has 1 heterocycles. The lowest BCUT2D eigenvalue weighted by Gasteiger charge is -2.28. The van der Waals surface area contributed by atoms with Crippen LogP contribution in [0.2, 0.25) is 0 Å². The fourth-order valence-corrected chi connectivity index (χ4v) is 3.40. The van der Waals surface area contributed by atoms with Crippen LogP contribution in [0.1, 0.15) is 50.1 Å². The molecule has 5 heteroatoms. The van der Waals surface area contributed by atoms with Crippen molar-refractivity contribution < 1.29 is 4.79 Å². The molecule has 1 aliphatic carbocycles. The maximum Gasteiger partial charge on any atom is 0.228 e. The second kappa shape index (κ2) is 5.80. The van der Waals surface area contributed by atoms with E-state index in [0.29, 0.717) is 6.54 Å². The number of carbonyl (C=O) groups excluding carboxylic acids is 1. The highest BCUT2D eigenvalue weighted by Crippen LogP contribution is 2.38. The summed E-state index contributed by atoms with van der Waals surface area (Å²) in [5, 5.41) is 6.06. The zero-order valence-corrected chi connectivity index (χ0v) is 11.6. The summed E-state index contributed by atoms with van der Waals surface area (Å²) in [5.74, 6) is 0.115. The average molecular weight is 267 g/mol. The van der Waals surface area contributed by atoms with E-state index in [4.69, 9.17) is 5.73 Å². The Morgan fingerprint density at radius 3 is 2.83 bits per heavy atom. The molecule has 1 aliphatic rings. The molecule has 0 aliphatic heterocycles. The van der Waals surface area contributed by atoms with Gasteiger partial charge in [-0.05, 0) is 19.3 Å². The number of rotatable bonds is 5. The third-order valence-corrected chi connectivity index (χ3v) is 4.79. The van der Waals surface area contributed by atoms with E-state index in [0.717, 1.165) is 37.1 Å². The Hall–Kier alpha value is -0.940. The molecule has 2 rings (SSSR count). The monoisotopic (exact) mass is 267 g/mol. The number of nitrogens with two attached hydrogens (primary N) is 1. The van der Waals surface area contributed by atoms with Crippen molar-refractivity contribution in [3.05, 3.63) is 16.6 Å². The van der Waals surface area contributed by atoms with Crippen molar-refractivity contribution in [3.63, 3.8) is 0 Å². The first-order chi connectivity index (χ1) is 8.72. The van der Waals surface area contributed by atoms with Gasteiger partial charge in [0.2, 0.25) is 5.91 Å². The van der Waals surface area contributed by atoms with Crippen LogP contribution in [0.25, 0.3) is 0 Å². The van der Waals surface area contributed by atoms with Crippen LogP contribution >= 0.6 is 11.3 Å². The van der Waals surface area contributed by atoms with Crippen LogP contribution in [0.4, 0.5) is 0 Å². The minimum Gasteiger partial charge on any atom is -0.346 e. The maximum absolute atomic E-state index is 12.4. The molecule has 4 nitrogen and oxygen atoms in total. The van der Waals surface area contributed by atoms with Crippen LogP contribution in [0.15, 0.2) is 11.6 Å². The third kappa shape index (κ3) is 2.57. The van der Waals surface area contributed by atoms with Crippen molar-refractivity contribution in [3.8, 4) is 0 Å². The second-order valence-electron chi connectivity index (χ2n) is 5.00. The van der Waals surface area contributed by atoms with Gasteiger partial charge in [-0.2, -0.15) is 0 Å². The third-order valence-electron chi connectivity index (χ3n) is 3.90. The zero-order valence-electron chi connectivity index (χ0n) is 10.8. The van der Waals surface area contributed by atoms with E-state index in [1.165, 1.54) is 0 Å².